The Labute approximate surface area is 161 Å². The Hall–Kier alpha value is -1.49. The molecule has 5 heteroatoms. The number of likely N-dealkylation sites (tertiary alicyclic amines) is 2. The second kappa shape index (κ2) is 9.45. The van der Waals surface area contributed by atoms with Crippen LogP contribution in [0.15, 0.2) is 35.2 Å². The van der Waals surface area contributed by atoms with Gasteiger partial charge in [-0.15, -0.1) is 11.8 Å². The van der Waals surface area contributed by atoms with Gasteiger partial charge in [0.2, 0.25) is 11.8 Å². The molecule has 2 aliphatic heterocycles. The standard InChI is InChI=1S/C21H30N2O2S/c1-17(26-19-9-5-4-6-10-19)20(24)23-15-11-18(12-16-23)21(25)22-13-7-2-3-8-14-22/h4-6,9-10,17-18H,2-3,7-8,11-16H2,1H3. The Morgan fingerprint density at radius 2 is 1.54 bits per heavy atom. The molecule has 1 unspecified atom stereocenters. The smallest absolute Gasteiger partial charge is 0.235 e. The van der Waals surface area contributed by atoms with Gasteiger partial charge in [-0.2, -0.15) is 0 Å². The molecule has 26 heavy (non-hydrogen) atoms. The van der Waals surface area contributed by atoms with Crippen LogP contribution in [0, 0.1) is 5.92 Å². The van der Waals surface area contributed by atoms with Crippen molar-refractivity contribution < 1.29 is 9.59 Å². The average molecular weight is 375 g/mol. The quantitative estimate of drug-likeness (QED) is 0.753. The van der Waals surface area contributed by atoms with E-state index in [9.17, 15) is 9.59 Å². The molecule has 1 aromatic carbocycles. The lowest BCUT2D eigenvalue weighted by molar-refractivity contribution is -0.140. The average Bonchev–Trinajstić information content (AvgIpc) is 2.97. The Kier molecular flexibility index (Phi) is 7.00. The highest BCUT2D eigenvalue weighted by Gasteiger charge is 2.31. The van der Waals surface area contributed by atoms with Crippen LogP contribution in [-0.2, 0) is 9.59 Å². The summed E-state index contributed by atoms with van der Waals surface area (Å²) in [6.45, 7) is 5.24. The van der Waals surface area contributed by atoms with E-state index in [4.69, 9.17) is 0 Å². The predicted octanol–water partition coefficient (Wildman–Crippen LogP) is 3.81. The van der Waals surface area contributed by atoms with E-state index >= 15 is 0 Å². The Bertz CT molecular complexity index is 591. The minimum atomic E-state index is -0.0877. The summed E-state index contributed by atoms with van der Waals surface area (Å²) in [4.78, 5) is 30.7. The maximum atomic E-state index is 12.8. The lowest BCUT2D eigenvalue weighted by atomic mass is 9.95. The van der Waals surface area contributed by atoms with Crippen molar-refractivity contribution in [1.29, 1.82) is 0 Å². The van der Waals surface area contributed by atoms with E-state index in [0.29, 0.717) is 19.0 Å². The zero-order valence-electron chi connectivity index (χ0n) is 15.7. The summed E-state index contributed by atoms with van der Waals surface area (Å²) in [6, 6.07) is 10.1. The summed E-state index contributed by atoms with van der Waals surface area (Å²) >= 11 is 1.61. The maximum absolute atomic E-state index is 12.8. The largest absolute Gasteiger partial charge is 0.342 e. The van der Waals surface area contributed by atoms with E-state index in [1.165, 1.54) is 12.8 Å². The van der Waals surface area contributed by atoms with Crippen LogP contribution in [0.1, 0.15) is 45.4 Å². The number of nitrogens with zero attached hydrogens (tertiary/aromatic N) is 2. The molecule has 1 aromatic rings. The van der Waals surface area contributed by atoms with Crippen molar-refractivity contribution in [2.75, 3.05) is 26.2 Å². The number of carbonyl (C=O) groups is 2. The highest BCUT2D eigenvalue weighted by atomic mass is 32.2. The SMILES string of the molecule is CC(Sc1ccccc1)C(=O)N1CCC(C(=O)N2CCCCCC2)CC1. The molecule has 0 spiro atoms. The van der Waals surface area contributed by atoms with E-state index < -0.39 is 0 Å². The van der Waals surface area contributed by atoms with Crippen LogP contribution in [0.2, 0.25) is 0 Å². The third kappa shape index (κ3) is 5.03. The minimum absolute atomic E-state index is 0.0877. The van der Waals surface area contributed by atoms with E-state index in [1.807, 2.05) is 42.2 Å². The van der Waals surface area contributed by atoms with Crippen molar-refractivity contribution in [1.82, 2.24) is 9.80 Å². The van der Waals surface area contributed by atoms with Gasteiger partial charge in [-0.3, -0.25) is 9.59 Å². The normalized spacial score (nSPS) is 20.5. The number of thioether (sulfide) groups is 1. The molecule has 4 nitrogen and oxygen atoms in total. The zero-order chi connectivity index (χ0) is 18.4. The number of piperidine rings is 1. The molecule has 3 rings (SSSR count). The first-order valence-electron chi connectivity index (χ1n) is 9.94. The number of hydrogen-bond acceptors (Lipinski definition) is 3. The molecule has 2 fully saturated rings. The molecule has 0 radical (unpaired) electrons. The molecule has 2 saturated heterocycles. The first-order valence-corrected chi connectivity index (χ1v) is 10.8. The second-order valence-corrected chi connectivity index (χ2v) is 8.83. The second-order valence-electron chi connectivity index (χ2n) is 7.41. The van der Waals surface area contributed by atoms with Crippen molar-refractivity contribution in [2.45, 2.75) is 55.6 Å². The summed E-state index contributed by atoms with van der Waals surface area (Å²) in [7, 11) is 0. The van der Waals surface area contributed by atoms with E-state index in [1.54, 1.807) is 11.8 Å². The van der Waals surface area contributed by atoms with Gasteiger partial charge in [0, 0.05) is 37.0 Å². The number of amides is 2. The van der Waals surface area contributed by atoms with Crippen molar-refractivity contribution in [3.05, 3.63) is 30.3 Å². The van der Waals surface area contributed by atoms with Gasteiger partial charge in [0.15, 0.2) is 0 Å². The van der Waals surface area contributed by atoms with E-state index in [2.05, 4.69) is 4.90 Å². The molecule has 0 N–H and O–H groups in total. The lowest BCUT2D eigenvalue weighted by Gasteiger charge is -2.35. The first kappa shape index (κ1) is 19.3. The highest BCUT2D eigenvalue weighted by Crippen LogP contribution is 2.27. The Morgan fingerprint density at radius 1 is 0.923 bits per heavy atom. The number of benzene rings is 1. The third-order valence-corrected chi connectivity index (χ3v) is 6.58. The number of carbonyl (C=O) groups excluding carboxylic acids is 2. The molecule has 142 valence electrons. The van der Waals surface area contributed by atoms with Gasteiger partial charge < -0.3 is 9.80 Å². The van der Waals surface area contributed by atoms with Crippen LogP contribution in [0.5, 0.6) is 0 Å². The van der Waals surface area contributed by atoms with Crippen LogP contribution in [0.3, 0.4) is 0 Å². The van der Waals surface area contributed by atoms with Crippen LogP contribution >= 0.6 is 11.8 Å². The fraction of sp³-hybridized carbons (Fsp3) is 0.619. The van der Waals surface area contributed by atoms with Crippen molar-refractivity contribution in [2.24, 2.45) is 5.92 Å². The van der Waals surface area contributed by atoms with Crippen LogP contribution in [-0.4, -0.2) is 53.0 Å². The van der Waals surface area contributed by atoms with Crippen LogP contribution < -0.4 is 0 Å². The molecule has 0 bridgehead atoms. The molecule has 2 amide bonds. The van der Waals surface area contributed by atoms with Gasteiger partial charge in [-0.1, -0.05) is 31.0 Å². The molecule has 0 aromatic heterocycles. The summed E-state index contributed by atoms with van der Waals surface area (Å²) in [6.07, 6.45) is 6.38. The minimum Gasteiger partial charge on any atom is -0.342 e. The zero-order valence-corrected chi connectivity index (χ0v) is 16.5. The molecule has 2 heterocycles. The van der Waals surface area contributed by atoms with Crippen LogP contribution in [0.4, 0.5) is 0 Å². The molecular formula is C21H30N2O2S. The maximum Gasteiger partial charge on any atom is 0.235 e. The van der Waals surface area contributed by atoms with Crippen molar-refractivity contribution in [3.63, 3.8) is 0 Å². The fourth-order valence-electron chi connectivity index (χ4n) is 3.91. The van der Waals surface area contributed by atoms with Gasteiger partial charge in [-0.05, 0) is 44.7 Å². The highest BCUT2D eigenvalue weighted by molar-refractivity contribution is 8.00. The van der Waals surface area contributed by atoms with Gasteiger partial charge in [-0.25, -0.2) is 0 Å². The lowest BCUT2D eigenvalue weighted by Crippen LogP contribution is -2.46. The van der Waals surface area contributed by atoms with Crippen molar-refractivity contribution >= 4 is 23.6 Å². The van der Waals surface area contributed by atoms with Gasteiger partial charge in [0.25, 0.3) is 0 Å². The van der Waals surface area contributed by atoms with E-state index in [-0.39, 0.29) is 17.1 Å². The summed E-state index contributed by atoms with van der Waals surface area (Å²) < 4.78 is 0. The van der Waals surface area contributed by atoms with Gasteiger partial charge >= 0.3 is 0 Å². The fourth-order valence-corrected chi connectivity index (χ4v) is 4.88. The number of rotatable bonds is 4. The van der Waals surface area contributed by atoms with E-state index in [0.717, 1.165) is 43.7 Å². The van der Waals surface area contributed by atoms with Gasteiger partial charge in [0.1, 0.15) is 0 Å². The Balaban J connectivity index is 1.48. The monoisotopic (exact) mass is 374 g/mol. The van der Waals surface area contributed by atoms with Crippen LogP contribution in [0.25, 0.3) is 0 Å². The number of hydrogen-bond donors (Lipinski definition) is 0. The molecule has 2 aliphatic rings. The topological polar surface area (TPSA) is 40.6 Å². The molecule has 1 atom stereocenters. The third-order valence-electron chi connectivity index (χ3n) is 5.48. The van der Waals surface area contributed by atoms with Crippen molar-refractivity contribution in [3.8, 4) is 0 Å². The molecule has 0 aliphatic carbocycles. The molecule has 0 saturated carbocycles. The summed E-state index contributed by atoms with van der Waals surface area (Å²) in [5, 5.41) is -0.0877. The first-order chi connectivity index (χ1) is 12.6. The Morgan fingerprint density at radius 3 is 2.15 bits per heavy atom. The summed E-state index contributed by atoms with van der Waals surface area (Å²) in [5.41, 5.74) is 0. The summed E-state index contributed by atoms with van der Waals surface area (Å²) in [5.74, 6) is 0.625. The van der Waals surface area contributed by atoms with Gasteiger partial charge in [0.05, 0.1) is 5.25 Å². The molecular weight excluding hydrogens is 344 g/mol. The predicted molar refractivity (Wildman–Crippen MR) is 106 cm³/mol.